The number of likely N-dealkylation sites (tertiary alicyclic amines) is 1. The first-order chi connectivity index (χ1) is 12.2. The van der Waals surface area contributed by atoms with E-state index in [0.29, 0.717) is 6.42 Å². The fourth-order valence-corrected chi connectivity index (χ4v) is 3.58. The number of benzene rings is 1. The second kappa shape index (κ2) is 8.19. The highest BCUT2D eigenvalue weighted by molar-refractivity contribution is 5.77. The van der Waals surface area contributed by atoms with Gasteiger partial charge in [0.1, 0.15) is 5.75 Å². The second-order valence-electron chi connectivity index (χ2n) is 6.75. The Hall–Kier alpha value is -2.30. The van der Waals surface area contributed by atoms with Gasteiger partial charge in [-0.15, -0.1) is 0 Å². The third-order valence-electron chi connectivity index (χ3n) is 4.96. The molecule has 134 valence electrons. The first kappa shape index (κ1) is 17.5. The number of carbonyl (C=O) groups excluding carboxylic acids is 1. The molecule has 1 atom stereocenters. The molecule has 1 aromatic heterocycles. The zero-order chi connectivity index (χ0) is 17.6. The van der Waals surface area contributed by atoms with Crippen LogP contribution in [0.2, 0.25) is 0 Å². The fourth-order valence-electron chi connectivity index (χ4n) is 3.58. The maximum absolute atomic E-state index is 12.9. The van der Waals surface area contributed by atoms with E-state index in [0.717, 1.165) is 37.1 Å². The van der Waals surface area contributed by atoms with E-state index in [9.17, 15) is 4.79 Å². The molecule has 5 nitrogen and oxygen atoms in total. The van der Waals surface area contributed by atoms with Gasteiger partial charge in [0.15, 0.2) is 0 Å². The van der Waals surface area contributed by atoms with Gasteiger partial charge < -0.3 is 9.64 Å². The van der Waals surface area contributed by atoms with Crippen molar-refractivity contribution < 1.29 is 9.53 Å². The van der Waals surface area contributed by atoms with Crippen LogP contribution in [-0.4, -0.2) is 34.2 Å². The first-order valence-electron chi connectivity index (χ1n) is 9.08. The van der Waals surface area contributed by atoms with Crippen molar-refractivity contribution >= 4 is 5.91 Å². The van der Waals surface area contributed by atoms with Crippen molar-refractivity contribution in [3.63, 3.8) is 0 Å². The van der Waals surface area contributed by atoms with Crippen molar-refractivity contribution in [3.05, 3.63) is 47.8 Å². The molecule has 2 heterocycles. The average molecular weight is 341 g/mol. The molecule has 1 aliphatic heterocycles. The number of rotatable bonds is 5. The Morgan fingerprint density at radius 1 is 1.24 bits per heavy atom. The van der Waals surface area contributed by atoms with Gasteiger partial charge >= 0.3 is 0 Å². The molecule has 1 fully saturated rings. The summed E-state index contributed by atoms with van der Waals surface area (Å²) in [7, 11) is 3.58. The van der Waals surface area contributed by atoms with Crippen molar-refractivity contribution in [2.75, 3.05) is 13.7 Å². The number of aromatic nitrogens is 2. The lowest BCUT2D eigenvalue weighted by atomic mass is 10.00. The van der Waals surface area contributed by atoms with Gasteiger partial charge in [-0.3, -0.25) is 9.48 Å². The van der Waals surface area contributed by atoms with Crippen LogP contribution in [0.25, 0.3) is 0 Å². The quantitative estimate of drug-likeness (QED) is 0.836. The number of hydrogen-bond donors (Lipinski definition) is 0. The SMILES string of the molecule is COc1ccc([C@@H]2CCCCCN2C(=O)CCc2cnn(C)c2)cc1. The number of amides is 1. The molecule has 0 radical (unpaired) electrons. The lowest BCUT2D eigenvalue weighted by Crippen LogP contribution is -2.35. The predicted octanol–water partition coefficient (Wildman–Crippen LogP) is 3.51. The maximum Gasteiger partial charge on any atom is 0.223 e. The molecule has 2 aromatic rings. The van der Waals surface area contributed by atoms with Gasteiger partial charge in [-0.1, -0.05) is 25.0 Å². The van der Waals surface area contributed by atoms with E-state index >= 15 is 0 Å². The van der Waals surface area contributed by atoms with E-state index in [2.05, 4.69) is 22.1 Å². The molecule has 5 heteroatoms. The van der Waals surface area contributed by atoms with Crippen LogP contribution in [0.5, 0.6) is 5.75 Å². The summed E-state index contributed by atoms with van der Waals surface area (Å²) in [6.45, 7) is 0.850. The Morgan fingerprint density at radius 3 is 2.72 bits per heavy atom. The zero-order valence-corrected chi connectivity index (χ0v) is 15.1. The third-order valence-corrected chi connectivity index (χ3v) is 4.96. The summed E-state index contributed by atoms with van der Waals surface area (Å²) >= 11 is 0. The van der Waals surface area contributed by atoms with Crippen molar-refractivity contribution in [1.82, 2.24) is 14.7 Å². The topological polar surface area (TPSA) is 47.4 Å². The van der Waals surface area contributed by atoms with Crippen LogP contribution >= 0.6 is 0 Å². The van der Waals surface area contributed by atoms with E-state index < -0.39 is 0 Å². The van der Waals surface area contributed by atoms with Crippen LogP contribution in [0, 0.1) is 0 Å². The smallest absolute Gasteiger partial charge is 0.223 e. The monoisotopic (exact) mass is 341 g/mol. The number of methoxy groups -OCH3 is 1. The molecule has 1 amide bonds. The third kappa shape index (κ3) is 4.41. The van der Waals surface area contributed by atoms with E-state index in [1.165, 1.54) is 18.4 Å². The van der Waals surface area contributed by atoms with Gasteiger partial charge in [0.2, 0.25) is 5.91 Å². The van der Waals surface area contributed by atoms with Crippen molar-refractivity contribution in [2.45, 2.75) is 44.6 Å². The Labute approximate surface area is 149 Å². The first-order valence-corrected chi connectivity index (χ1v) is 9.08. The summed E-state index contributed by atoms with van der Waals surface area (Å²) < 4.78 is 7.04. The molecule has 1 saturated heterocycles. The summed E-state index contributed by atoms with van der Waals surface area (Å²) in [4.78, 5) is 15.0. The van der Waals surface area contributed by atoms with Crippen molar-refractivity contribution in [2.24, 2.45) is 7.05 Å². The van der Waals surface area contributed by atoms with Gasteiger partial charge in [0.25, 0.3) is 0 Å². The number of nitrogens with zero attached hydrogens (tertiary/aromatic N) is 3. The van der Waals surface area contributed by atoms with Crippen LogP contribution in [-0.2, 0) is 18.3 Å². The molecule has 1 aromatic carbocycles. The van der Waals surface area contributed by atoms with E-state index in [4.69, 9.17) is 4.74 Å². The normalized spacial score (nSPS) is 18.0. The van der Waals surface area contributed by atoms with Crippen LogP contribution in [0.15, 0.2) is 36.7 Å². The van der Waals surface area contributed by atoms with Crippen LogP contribution in [0.4, 0.5) is 0 Å². The molecule has 0 spiro atoms. The summed E-state index contributed by atoms with van der Waals surface area (Å²) in [5.74, 6) is 1.10. The molecule has 0 N–H and O–H groups in total. The Balaban J connectivity index is 1.71. The second-order valence-corrected chi connectivity index (χ2v) is 6.75. The van der Waals surface area contributed by atoms with Gasteiger partial charge in [-0.05, 0) is 42.5 Å². The lowest BCUT2D eigenvalue weighted by molar-refractivity contribution is -0.133. The Morgan fingerprint density at radius 2 is 2.04 bits per heavy atom. The zero-order valence-electron chi connectivity index (χ0n) is 15.1. The number of hydrogen-bond acceptors (Lipinski definition) is 3. The van der Waals surface area contributed by atoms with E-state index in [1.54, 1.807) is 11.8 Å². The number of aryl methyl sites for hydroxylation is 2. The van der Waals surface area contributed by atoms with Crippen LogP contribution in [0.3, 0.4) is 0 Å². The molecule has 0 bridgehead atoms. The minimum absolute atomic E-state index is 0.176. The van der Waals surface area contributed by atoms with Gasteiger partial charge in [0, 0.05) is 26.2 Å². The Bertz CT molecular complexity index is 693. The van der Waals surface area contributed by atoms with E-state index in [1.807, 2.05) is 31.6 Å². The summed E-state index contributed by atoms with van der Waals surface area (Å²) in [6, 6.07) is 8.33. The van der Waals surface area contributed by atoms with Crippen LogP contribution in [0.1, 0.15) is 49.3 Å². The lowest BCUT2D eigenvalue weighted by Gasteiger charge is -2.30. The predicted molar refractivity (Wildman–Crippen MR) is 97.4 cm³/mol. The summed E-state index contributed by atoms with van der Waals surface area (Å²) in [5.41, 5.74) is 2.32. The van der Waals surface area contributed by atoms with Gasteiger partial charge in [-0.2, -0.15) is 5.10 Å². The highest BCUT2D eigenvalue weighted by Crippen LogP contribution is 2.31. The summed E-state index contributed by atoms with van der Waals surface area (Å²) in [6.07, 6.45) is 9.60. The minimum atomic E-state index is 0.176. The van der Waals surface area contributed by atoms with E-state index in [-0.39, 0.29) is 11.9 Å². The highest BCUT2D eigenvalue weighted by Gasteiger charge is 2.26. The molecule has 25 heavy (non-hydrogen) atoms. The molecule has 0 saturated carbocycles. The maximum atomic E-state index is 12.9. The Kier molecular flexibility index (Phi) is 5.74. The van der Waals surface area contributed by atoms with Crippen molar-refractivity contribution in [1.29, 1.82) is 0 Å². The molecule has 1 aliphatic rings. The largest absolute Gasteiger partial charge is 0.497 e. The molecular weight excluding hydrogens is 314 g/mol. The number of ether oxygens (including phenoxy) is 1. The standard InChI is InChI=1S/C20H27N3O2/c1-22-15-16(14-21-22)7-12-20(24)23-13-5-3-4-6-19(23)17-8-10-18(25-2)11-9-17/h8-11,14-15,19H,3-7,12-13H2,1-2H3/t19-/m0/s1. The van der Waals surface area contributed by atoms with Crippen LogP contribution < -0.4 is 4.74 Å². The summed E-state index contributed by atoms with van der Waals surface area (Å²) in [5, 5.41) is 4.18. The van der Waals surface area contributed by atoms with Crippen molar-refractivity contribution in [3.8, 4) is 5.75 Å². The average Bonchev–Trinajstić information content (AvgIpc) is 2.90. The van der Waals surface area contributed by atoms with Gasteiger partial charge in [0.05, 0.1) is 19.3 Å². The molecular formula is C20H27N3O2. The minimum Gasteiger partial charge on any atom is -0.497 e. The fraction of sp³-hybridized carbons (Fsp3) is 0.500. The molecule has 0 aliphatic carbocycles. The molecule has 0 unspecified atom stereocenters. The highest BCUT2D eigenvalue weighted by atomic mass is 16.5. The number of carbonyl (C=O) groups is 1. The molecule has 3 rings (SSSR count). The van der Waals surface area contributed by atoms with Gasteiger partial charge in [-0.25, -0.2) is 0 Å².